The Balaban J connectivity index is 2.11. The molecule has 0 unspecified atom stereocenters. The summed E-state index contributed by atoms with van der Waals surface area (Å²) in [4.78, 5) is 14.1. The fourth-order valence-corrected chi connectivity index (χ4v) is 3.40. The summed E-state index contributed by atoms with van der Waals surface area (Å²) < 4.78 is 24.6. The lowest BCUT2D eigenvalue weighted by atomic mass is 10.1. The van der Waals surface area contributed by atoms with Gasteiger partial charge in [0.1, 0.15) is 23.6 Å². The summed E-state index contributed by atoms with van der Waals surface area (Å²) >= 11 is 4.42. The highest BCUT2D eigenvalue weighted by Gasteiger charge is 2.34. The number of halogens is 1. The van der Waals surface area contributed by atoms with Crippen LogP contribution in [-0.4, -0.2) is 19.1 Å². The third kappa shape index (κ3) is 4.15. The van der Waals surface area contributed by atoms with Crippen LogP contribution in [0.1, 0.15) is 25.6 Å². The molecular formula is C21H20FN3O3S. The second kappa shape index (κ2) is 8.45. The molecule has 1 heterocycles. The highest BCUT2D eigenvalue weighted by molar-refractivity contribution is 7.84. The molecule has 0 saturated carbocycles. The lowest BCUT2D eigenvalue weighted by Crippen LogP contribution is -2.46. The van der Waals surface area contributed by atoms with E-state index in [1.165, 1.54) is 19.2 Å². The van der Waals surface area contributed by atoms with Gasteiger partial charge in [-0.3, -0.25) is 4.79 Å². The molecule has 2 aromatic carbocycles. The van der Waals surface area contributed by atoms with Crippen LogP contribution in [0.3, 0.4) is 0 Å². The molecule has 1 aliphatic heterocycles. The van der Waals surface area contributed by atoms with E-state index < -0.39 is 17.9 Å². The number of carbonyl (C=O) groups excluding carboxylic acids is 1. The molecule has 6 nitrogen and oxygen atoms in total. The van der Waals surface area contributed by atoms with Gasteiger partial charge < -0.3 is 19.7 Å². The van der Waals surface area contributed by atoms with Crippen molar-refractivity contribution in [2.75, 3.05) is 12.0 Å². The van der Waals surface area contributed by atoms with E-state index in [9.17, 15) is 14.4 Å². The van der Waals surface area contributed by atoms with Gasteiger partial charge in [0.05, 0.1) is 18.2 Å². The van der Waals surface area contributed by atoms with Crippen LogP contribution in [0.2, 0.25) is 0 Å². The first-order valence-corrected chi connectivity index (χ1v) is 9.34. The molecule has 2 aromatic rings. The third-order valence-corrected chi connectivity index (χ3v) is 4.73. The van der Waals surface area contributed by atoms with Gasteiger partial charge in [0, 0.05) is 5.69 Å². The molecule has 0 saturated heterocycles. The van der Waals surface area contributed by atoms with Gasteiger partial charge in [-0.15, -0.1) is 12.6 Å². The number of nitrogens with zero attached hydrogens (tertiary/aromatic N) is 2. The van der Waals surface area contributed by atoms with Crippen molar-refractivity contribution >= 4 is 24.2 Å². The maximum Gasteiger partial charge on any atom is 0.266 e. The average Bonchev–Trinajstić information content (AvgIpc) is 2.69. The van der Waals surface area contributed by atoms with Crippen LogP contribution in [0.15, 0.2) is 53.1 Å². The number of hydrogen-bond acceptors (Lipinski definition) is 6. The molecule has 29 heavy (non-hydrogen) atoms. The zero-order valence-corrected chi connectivity index (χ0v) is 17.0. The third-order valence-electron chi connectivity index (χ3n) is 4.29. The Kier molecular flexibility index (Phi) is 5.99. The highest BCUT2D eigenvalue weighted by atomic mass is 32.1. The summed E-state index contributed by atoms with van der Waals surface area (Å²) in [5, 5.41) is 12.3. The number of ether oxygens (including phenoxy) is 2. The van der Waals surface area contributed by atoms with Gasteiger partial charge in [-0.2, -0.15) is 5.26 Å². The molecular weight excluding hydrogens is 393 g/mol. The molecule has 8 heteroatoms. The molecule has 0 aromatic heterocycles. The van der Waals surface area contributed by atoms with Crippen LogP contribution < -0.4 is 19.7 Å². The van der Waals surface area contributed by atoms with E-state index in [1.807, 2.05) is 19.9 Å². The van der Waals surface area contributed by atoms with Gasteiger partial charge in [-0.25, -0.2) is 4.39 Å². The Morgan fingerprint density at radius 1 is 1.21 bits per heavy atom. The summed E-state index contributed by atoms with van der Waals surface area (Å²) in [6.45, 7) is 3.82. The number of benzene rings is 2. The van der Waals surface area contributed by atoms with Gasteiger partial charge in [0.15, 0.2) is 11.5 Å². The molecule has 0 radical (unpaired) electrons. The van der Waals surface area contributed by atoms with Crippen molar-refractivity contribution in [1.29, 1.82) is 5.26 Å². The van der Waals surface area contributed by atoms with Crippen LogP contribution in [0, 0.1) is 17.1 Å². The Morgan fingerprint density at radius 3 is 2.48 bits per heavy atom. The van der Waals surface area contributed by atoms with Crippen molar-refractivity contribution in [2.45, 2.75) is 26.1 Å². The van der Waals surface area contributed by atoms with Crippen molar-refractivity contribution in [2.24, 2.45) is 0 Å². The Hall–Kier alpha value is -3.18. The van der Waals surface area contributed by atoms with E-state index in [0.29, 0.717) is 22.7 Å². The first-order chi connectivity index (χ1) is 13.8. The summed E-state index contributed by atoms with van der Waals surface area (Å²) in [5.74, 6) is 0.136. The molecule has 0 bridgehead atoms. The van der Waals surface area contributed by atoms with Crippen molar-refractivity contribution in [3.8, 4) is 17.6 Å². The van der Waals surface area contributed by atoms with Gasteiger partial charge in [0.2, 0.25) is 0 Å². The summed E-state index contributed by atoms with van der Waals surface area (Å²) in [5.41, 5.74) is 1.12. The molecule has 0 spiro atoms. The molecule has 1 atom stereocenters. The second-order valence-corrected chi connectivity index (χ2v) is 7.03. The maximum atomic E-state index is 13.4. The normalized spacial score (nSPS) is 16.5. The number of thiol groups is 1. The van der Waals surface area contributed by atoms with Gasteiger partial charge in [-0.05, 0) is 55.8 Å². The number of rotatable bonds is 5. The number of anilines is 1. The number of methoxy groups -OCH3 is 1. The van der Waals surface area contributed by atoms with Gasteiger partial charge in [0.25, 0.3) is 5.91 Å². The number of nitriles is 1. The average molecular weight is 413 g/mol. The Labute approximate surface area is 173 Å². The monoisotopic (exact) mass is 413 g/mol. The predicted molar refractivity (Wildman–Crippen MR) is 110 cm³/mol. The van der Waals surface area contributed by atoms with Crippen LogP contribution in [0.5, 0.6) is 11.5 Å². The number of hydrogen-bond donors (Lipinski definition) is 2. The highest BCUT2D eigenvalue weighted by Crippen LogP contribution is 2.38. The van der Waals surface area contributed by atoms with E-state index in [2.05, 4.69) is 17.9 Å². The summed E-state index contributed by atoms with van der Waals surface area (Å²) in [6, 6.07) is 12.9. The topological polar surface area (TPSA) is 74.6 Å². The minimum Gasteiger partial charge on any atom is -0.493 e. The first-order valence-electron chi connectivity index (χ1n) is 8.89. The zero-order chi connectivity index (χ0) is 21.1. The Morgan fingerprint density at radius 2 is 1.90 bits per heavy atom. The number of carbonyl (C=O) groups is 1. The van der Waals surface area contributed by atoms with Crippen molar-refractivity contribution in [3.63, 3.8) is 0 Å². The van der Waals surface area contributed by atoms with Crippen LogP contribution in [-0.2, 0) is 4.79 Å². The van der Waals surface area contributed by atoms with Crippen molar-refractivity contribution in [3.05, 3.63) is 64.4 Å². The van der Waals surface area contributed by atoms with E-state index in [4.69, 9.17) is 9.47 Å². The zero-order valence-electron chi connectivity index (χ0n) is 16.1. The maximum absolute atomic E-state index is 13.4. The molecule has 150 valence electrons. The van der Waals surface area contributed by atoms with Gasteiger partial charge >= 0.3 is 0 Å². The lowest BCUT2D eigenvalue weighted by Gasteiger charge is -2.38. The molecule has 3 rings (SSSR count). The Bertz CT molecular complexity index is 999. The molecule has 1 N–H and O–H groups in total. The smallest absolute Gasteiger partial charge is 0.266 e. The quantitative estimate of drug-likeness (QED) is 0.727. The molecule has 1 amide bonds. The fourth-order valence-electron chi connectivity index (χ4n) is 3.02. The van der Waals surface area contributed by atoms with E-state index in [0.717, 1.165) is 0 Å². The largest absolute Gasteiger partial charge is 0.493 e. The van der Waals surface area contributed by atoms with E-state index in [-0.39, 0.29) is 16.7 Å². The minimum absolute atomic E-state index is 0.0370. The molecule has 0 aliphatic carbocycles. The van der Waals surface area contributed by atoms with Crippen LogP contribution in [0.25, 0.3) is 0 Å². The number of amides is 1. The van der Waals surface area contributed by atoms with Crippen molar-refractivity contribution in [1.82, 2.24) is 5.32 Å². The van der Waals surface area contributed by atoms with Gasteiger partial charge in [-0.1, -0.05) is 6.07 Å². The standard InChI is InChI=1S/C21H20FN3O3S/c1-12(2)28-17-9-4-13(10-18(17)27-3)19-24-20(26)16(11-23)21(29)25(19)15-7-5-14(22)6-8-15/h4-10,12,19,29H,1-3H3,(H,24,26)/t19-/m1/s1. The fraction of sp³-hybridized carbons (Fsp3) is 0.238. The SMILES string of the molecule is COc1cc([C@@H]2NC(=O)C(C#N)=C(S)N2c2ccc(F)cc2)ccc1OC(C)C. The lowest BCUT2D eigenvalue weighted by molar-refractivity contribution is -0.118. The van der Waals surface area contributed by atoms with E-state index >= 15 is 0 Å². The second-order valence-electron chi connectivity index (χ2n) is 6.61. The molecule has 1 aliphatic rings. The number of nitrogens with one attached hydrogen (secondary N) is 1. The predicted octanol–water partition coefficient (Wildman–Crippen LogP) is 3.92. The molecule has 0 fully saturated rings. The van der Waals surface area contributed by atoms with Crippen molar-refractivity contribution < 1.29 is 18.7 Å². The minimum atomic E-state index is -0.681. The first kappa shape index (κ1) is 20.6. The summed E-state index contributed by atoms with van der Waals surface area (Å²) in [6.07, 6.45) is -0.718. The van der Waals surface area contributed by atoms with E-state index in [1.54, 1.807) is 35.2 Å². The van der Waals surface area contributed by atoms with Crippen LogP contribution >= 0.6 is 12.6 Å². The van der Waals surface area contributed by atoms with Crippen LogP contribution in [0.4, 0.5) is 10.1 Å². The summed E-state index contributed by atoms with van der Waals surface area (Å²) in [7, 11) is 1.53.